The van der Waals surface area contributed by atoms with Gasteiger partial charge >= 0.3 is 11.1 Å². The average Bonchev–Trinajstić information content (AvgIpc) is 2.13. The van der Waals surface area contributed by atoms with Gasteiger partial charge in [-0.1, -0.05) is 4.99 Å². The number of aliphatic hydroxyl groups is 1. The van der Waals surface area contributed by atoms with Crippen LogP contribution < -0.4 is 11.1 Å². The Balaban J connectivity index is 3.87. The Morgan fingerprint density at radius 1 is 1.64 bits per heavy atom. The maximum atomic E-state index is 10.5. The summed E-state index contributed by atoms with van der Waals surface area (Å²) in [5.41, 5.74) is 4.83. The smallest absolute Gasteiger partial charge is 0.364 e. The predicted octanol–water partition coefficient (Wildman–Crippen LogP) is -2.95. The van der Waals surface area contributed by atoms with E-state index in [2.05, 4.69) is 9.88 Å². The number of carbonyl (C=O) groups is 2. The van der Waals surface area contributed by atoms with Crippen molar-refractivity contribution in [3.8, 4) is 0 Å². The Morgan fingerprint density at radius 2 is 2.21 bits per heavy atom. The van der Waals surface area contributed by atoms with Crippen LogP contribution in [0.5, 0.6) is 0 Å². The van der Waals surface area contributed by atoms with Crippen molar-refractivity contribution in [2.75, 3.05) is 6.54 Å². The third-order valence-corrected chi connectivity index (χ3v) is 0.887. The first-order chi connectivity index (χ1) is 6.47. The molecule has 0 aliphatic carbocycles. The lowest BCUT2D eigenvalue weighted by Crippen LogP contribution is -2.44. The fourth-order valence-electron chi connectivity index (χ4n) is 0.383. The average molecular weight is 209 g/mol. The van der Waals surface area contributed by atoms with Crippen molar-refractivity contribution in [3.63, 3.8) is 0 Å². The van der Waals surface area contributed by atoms with Crippen LogP contribution in [0.15, 0.2) is 0 Å². The summed E-state index contributed by atoms with van der Waals surface area (Å²) >= 11 is 0. The molecule has 1 atom stereocenters. The molecule has 1 amide bonds. The zero-order valence-electron chi connectivity index (χ0n) is 6.71. The molecule has 0 aromatic carbocycles. The summed E-state index contributed by atoms with van der Waals surface area (Å²) in [5.74, 6) is -2.38. The van der Waals surface area contributed by atoms with Crippen molar-refractivity contribution in [1.82, 2.24) is 5.32 Å². The summed E-state index contributed by atoms with van der Waals surface area (Å²) in [6.45, 7) is -0.458. The van der Waals surface area contributed by atoms with Crippen molar-refractivity contribution in [2.45, 2.75) is 6.23 Å². The van der Waals surface area contributed by atoms with Crippen molar-refractivity contribution < 1.29 is 29.7 Å². The van der Waals surface area contributed by atoms with E-state index in [0.717, 1.165) is 0 Å². The Kier molecular flexibility index (Phi) is 4.88. The number of hydrogen-bond acceptors (Lipinski definition) is 8. The van der Waals surface area contributed by atoms with Gasteiger partial charge in [0, 0.05) is 0 Å². The zero-order valence-corrected chi connectivity index (χ0v) is 6.71. The summed E-state index contributed by atoms with van der Waals surface area (Å²) in [6.07, 6.45) is -2.06. The van der Waals surface area contributed by atoms with Gasteiger partial charge in [0.1, 0.15) is 0 Å². The maximum absolute atomic E-state index is 10.5. The molecule has 0 aromatic rings. The van der Waals surface area contributed by atoms with E-state index in [1.807, 2.05) is 0 Å². The Labute approximate surface area is 76.6 Å². The molecule has 0 aromatic heterocycles. The van der Waals surface area contributed by atoms with Crippen LogP contribution in [0.2, 0.25) is 0 Å². The fraction of sp³-hybridized carbons (Fsp3) is 0.500. The number of amides is 1. The minimum absolute atomic E-state index is 0.458. The van der Waals surface area contributed by atoms with Crippen molar-refractivity contribution in [3.05, 3.63) is 10.1 Å². The van der Waals surface area contributed by atoms with Gasteiger partial charge in [-0.3, -0.25) is 9.68 Å². The van der Waals surface area contributed by atoms with E-state index in [1.54, 1.807) is 5.32 Å². The van der Waals surface area contributed by atoms with Crippen LogP contribution >= 0.6 is 0 Å². The topological polar surface area (TPSA) is 154 Å². The summed E-state index contributed by atoms with van der Waals surface area (Å²) in [6, 6.07) is 0. The molecule has 0 rings (SSSR count). The Morgan fingerprint density at radius 3 is 2.64 bits per heavy atom. The second-order valence-corrected chi connectivity index (χ2v) is 1.87. The fourth-order valence-corrected chi connectivity index (χ4v) is 0.383. The summed E-state index contributed by atoms with van der Waals surface area (Å²) in [5, 5.41) is 18.5. The third kappa shape index (κ3) is 4.84. The van der Waals surface area contributed by atoms with E-state index in [-0.39, 0.29) is 0 Å². The molecule has 0 fully saturated rings. The van der Waals surface area contributed by atoms with Gasteiger partial charge in [-0.15, -0.1) is 10.1 Å². The Bertz CT molecular complexity index is 241. The highest BCUT2D eigenvalue weighted by molar-refractivity contribution is 5.83. The second-order valence-electron chi connectivity index (χ2n) is 1.87. The molecule has 0 aliphatic heterocycles. The SMILES string of the molecule is NCC(=O)NC(O)C(=O)OO[N+](=O)[O-]. The molecular formula is C4H7N3O7. The Hall–Kier alpha value is -1.94. The minimum atomic E-state index is -2.06. The molecule has 10 nitrogen and oxygen atoms in total. The molecule has 0 saturated heterocycles. The van der Waals surface area contributed by atoms with Crippen LogP contribution in [0.25, 0.3) is 0 Å². The highest BCUT2D eigenvalue weighted by Crippen LogP contribution is 1.86. The highest BCUT2D eigenvalue weighted by atomic mass is 17.3. The van der Waals surface area contributed by atoms with Crippen molar-refractivity contribution >= 4 is 11.9 Å². The third-order valence-electron chi connectivity index (χ3n) is 0.887. The van der Waals surface area contributed by atoms with E-state index in [1.165, 1.54) is 0 Å². The van der Waals surface area contributed by atoms with Crippen LogP contribution in [0, 0.1) is 10.1 Å². The molecule has 0 bridgehead atoms. The molecule has 4 N–H and O–H groups in total. The van der Waals surface area contributed by atoms with Crippen molar-refractivity contribution in [2.24, 2.45) is 5.73 Å². The monoisotopic (exact) mass is 209 g/mol. The second kappa shape index (κ2) is 5.66. The molecule has 0 saturated carbocycles. The standard InChI is InChI=1S/C4H7N3O7/c5-1-2(8)6-3(9)4(10)13-14-7(11)12/h3,9H,1,5H2,(H,6,8). The van der Waals surface area contributed by atoms with Crippen LogP contribution in [-0.4, -0.2) is 34.8 Å². The first-order valence-corrected chi connectivity index (χ1v) is 3.17. The first kappa shape index (κ1) is 12.1. The minimum Gasteiger partial charge on any atom is -0.364 e. The number of carbonyl (C=O) groups excluding carboxylic acids is 2. The zero-order chi connectivity index (χ0) is 11.1. The van der Waals surface area contributed by atoms with E-state index in [0.29, 0.717) is 0 Å². The quantitative estimate of drug-likeness (QED) is 0.188. The molecule has 1 unspecified atom stereocenters. The van der Waals surface area contributed by atoms with Gasteiger partial charge in [0.25, 0.3) is 0 Å². The molecular weight excluding hydrogens is 202 g/mol. The highest BCUT2D eigenvalue weighted by Gasteiger charge is 2.20. The van der Waals surface area contributed by atoms with Gasteiger partial charge in [0.2, 0.25) is 12.1 Å². The summed E-state index contributed by atoms with van der Waals surface area (Å²) in [4.78, 5) is 37.2. The summed E-state index contributed by atoms with van der Waals surface area (Å²) in [7, 11) is 0. The first-order valence-electron chi connectivity index (χ1n) is 3.17. The van der Waals surface area contributed by atoms with Gasteiger partial charge in [0.05, 0.1) is 6.54 Å². The number of hydrogen-bond donors (Lipinski definition) is 3. The predicted molar refractivity (Wildman–Crippen MR) is 37.4 cm³/mol. The van der Waals surface area contributed by atoms with Gasteiger partial charge < -0.3 is 16.2 Å². The number of nitrogens with two attached hydrogens (primary N) is 1. The van der Waals surface area contributed by atoms with E-state index >= 15 is 0 Å². The molecule has 0 heterocycles. The maximum Gasteiger partial charge on any atom is 0.391 e. The molecule has 14 heavy (non-hydrogen) atoms. The molecule has 0 spiro atoms. The van der Waals surface area contributed by atoms with Gasteiger partial charge in [-0.05, 0) is 0 Å². The molecule has 0 aliphatic rings. The lowest BCUT2D eigenvalue weighted by molar-refractivity contribution is -0.840. The van der Waals surface area contributed by atoms with Crippen molar-refractivity contribution in [1.29, 1.82) is 0 Å². The van der Waals surface area contributed by atoms with E-state index < -0.39 is 29.7 Å². The lowest BCUT2D eigenvalue weighted by Gasteiger charge is -2.08. The summed E-state index contributed by atoms with van der Waals surface area (Å²) < 4.78 is 0. The molecule has 80 valence electrons. The van der Waals surface area contributed by atoms with Crippen LogP contribution in [0.4, 0.5) is 0 Å². The van der Waals surface area contributed by atoms with Crippen LogP contribution in [-0.2, 0) is 19.5 Å². The number of rotatable bonds is 5. The molecule has 10 heteroatoms. The largest absolute Gasteiger partial charge is 0.391 e. The van der Waals surface area contributed by atoms with Gasteiger partial charge in [-0.2, -0.15) is 0 Å². The number of aliphatic hydroxyl groups excluding tert-OH is 1. The lowest BCUT2D eigenvalue weighted by atomic mass is 10.5. The number of nitrogens with zero attached hydrogens (tertiary/aromatic N) is 1. The van der Waals surface area contributed by atoms with Gasteiger partial charge in [0.15, 0.2) is 0 Å². The van der Waals surface area contributed by atoms with Crippen LogP contribution in [0.1, 0.15) is 0 Å². The van der Waals surface area contributed by atoms with Crippen LogP contribution in [0.3, 0.4) is 0 Å². The van der Waals surface area contributed by atoms with Gasteiger partial charge in [-0.25, -0.2) is 4.79 Å². The number of nitrogens with one attached hydrogen (secondary N) is 1. The van der Waals surface area contributed by atoms with E-state index in [9.17, 15) is 19.7 Å². The normalized spacial score (nSPS) is 11.3. The van der Waals surface area contributed by atoms with E-state index in [4.69, 9.17) is 10.8 Å². The molecule has 0 radical (unpaired) electrons.